The van der Waals surface area contributed by atoms with Gasteiger partial charge in [0.15, 0.2) is 11.5 Å². The molecule has 0 unspecified atom stereocenters. The Hall–Kier alpha value is -2.91. The smallest absolute Gasteiger partial charge is 0.176 e. The lowest BCUT2D eigenvalue weighted by atomic mass is 9.96. The molecule has 0 saturated carbocycles. The van der Waals surface area contributed by atoms with Crippen LogP contribution in [0, 0.1) is 18.3 Å². The fourth-order valence-electron chi connectivity index (χ4n) is 4.24. The van der Waals surface area contributed by atoms with Crippen molar-refractivity contribution in [3.8, 4) is 17.2 Å². The van der Waals surface area contributed by atoms with Crippen LogP contribution in [-0.2, 0) is 5.41 Å². The van der Waals surface area contributed by atoms with Crippen LogP contribution in [0.4, 0.5) is 5.82 Å². The summed E-state index contributed by atoms with van der Waals surface area (Å²) in [5, 5.41) is 15.0. The van der Waals surface area contributed by atoms with Gasteiger partial charge in [0.25, 0.3) is 0 Å². The molecule has 0 amide bonds. The average molecular weight is 403 g/mol. The van der Waals surface area contributed by atoms with Crippen LogP contribution in [-0.4, -0.2) is 52.7 Å². The summed E-state index contributed by atoms with van der Waals surface area (Å²) in [6.45, 7) is 10.2. The third kappa shape index (κ3) is 3.33. The minimum Gasteiger partial charge on any atom is -0.354 e. The van der Waals surface area contributed by atoms with Crippen molar-refractivity contribution in [3.63, 3.8) is 0 Å². The van der Waals surface area contributed by atoms with Gasteiger partial charge in [-0.1, -0.05) is 51.1 Å². The van der Waals surface area contributed by atoms with Crippen molar-refractivity contribution < 1.29 is 0 Å². The Labute approximate surface area is 178 Å². The second-order valence-electron chi connectivity index (χ2n) is 9.45. The van der Waals surface area contributed by atoms with E-state index < -0.39 is 0 Å². The lowest BCUT2D eigenvalue weighted by Crippen LogP contribution is -2.32. The van der Waals surface area contributed by atoms with Gasteiger partial charge >= 0.3 is 0 Å². The maximum atomic E-state index is 10.0. The number of hydrogen-bond donors (Lipinski definition) is 0. The summed E-state index contributed by atoms with van der Waals surface area (Å²) < 4.78 is 1.92. The Bertz CT molecular complexity index is 1110. The van der Waals surface area contributed by atoms with E-state index in [0.29, 0.717) is 17.3 Å². The molecule has 3 heterocycles. The van der Waals surface area contributed by atoms with Gasteiger partial charge in [-0.3, -0.25) is 0 Å². The van der Waals surface area contributed by atoms with E-state index in [0.717, 1.165) is 47.8 Å². The molecule has 0 aliphatic carbocycles. The number of pyridine rings is 1. The summed E-state index contributed by atoms with van der Waals surface area (Å²) in [5.41, 5.74) is 4.20. The van der Waals surface area contributed by atoms with E-state index in [1.807, 2.05) is 29.6 Å². The van der Waals surface area contributed by atoms with Crippen LogP contribution in [0.3, 0.4) is 0 Å². The fraction of sp³-hybridized carbons (Fsp3) is 0.458. The monoisotopic (exact) mass is 402 g/mol. The maximum Gasteiger partial charge on any atom is 0.176 e. The SMILES string of the molecule is Cc1c(-c2ccccc2)c(N2CC[C@H](N(C)C)C2)n2nc(C(C)(C)C)nc2c1C#N. The standard InChI is InChI=1S/C24H30N6/c1-16-19(14-25)21-26-23(24(2,3)4)27-30(21)22(20(16)17-10-8-7-9-11-17)29-13-12-18(15-29)28(5)6/h7-11,18H,12-13,15H2,1-6H3/t18-/m0/s1. The molecule has 6 heteroatoms. The zero-order chi connectivity index (χ0) is 21.6. The van der Waals surface area contributed by atoms with Crippen molar-refractivity contribution in [2.24, 2.45) is 0 Å². The summed E-state index contributed by atoms with van der Waals surface area (Å²) in [6.07, 6.45) is 1.10. The van der Waals surface area contributed by atoms with Gasteiger partial charge in [0.1, 0.15) is 17.5 Å². The molecule has 4 rings (SSSR count). The Kier molecular flexibility index (Phi) is 5.03. The molecule has 0 N–H and O–H groups in total. The molecule has 1 aliphatic rings. The molecule has 1 aliphatic heterocycles. The van der Waals surface area contributed by atoms with E-state index in [-0.39, 0.29) is 5.41 Å². The highest BCUT2D eigenvalue weighted by molar-refractivity contribution is 5.85. The molecule has 1 aromatic carbocycles. The minimum atomic E-state index is -0.200. The van der Waals surface area contributed by atoms with Crippen molar-refractivity contribution >= 4 is 11.5 Å². The first-order valence-corrected chi connectivity index (χ1v) is 10.5. The van der Waals surface area contributed by atoms with Gasteiger partial charge in [0.2, 0.25) is 0 Å². The lowest BCUT2D eigenvalue weighted by molar-refractivity contribution is 0.315. The van der Waals surface area contributed by atoms with Crippen LogP contribution in [0.5, 0.6) is 0 Å². The van der Waals surface area contributed by atoms with Crippen LogP contribution in [0.25, 0.3) is 16.8 Å². The summed E-state index contributed by atoms with van der Waals surface area (Å²) in [7, 11) is 4.28. The summed E-state index contributed by atoms with van der Waals surface area (Å²) in [5.74, 6) is 1.80. The number of nitriles is 1. The normalized spacial score (nSPS) is 17.1. The van der Waals surface area contributed by atoms with Crippen LogP contribution in [0.15, 0.2) is 30.3 Å². The van der Waals surface area contributed by atoms with Crippen molar-refractivity contribution in [1.82, 2.24) is 19.5 Å². The Morgan fingerprint density at radius 3 is 2.43 bits per heavy atom. The number of rotatable bonds is 3. The first-order chi connectivity index (χ1) is 14.2. The van der Waals surface area contributed by atoms with Crippen LogP contribution in [0.1, 0.15) is 44.1 Å². The van der Waals surface area contributed by atoms with E-state index in [1.54, 1.807) is 0 Å². The zero-order valence-electron chi connectivity index (χ0n) is 18.8. The van der Waals surface area contributed by atoms with E-state index in [2.05, 4.69) is 62.9 Å². The highest BCUT2D eigenvalue weighted by atomic mass is 15.4. The van der Waals surface area contributed by atoms with E-state index >= 15 is 0 Å². The van der Waals surface area contributed by atoms with Gasteiger partial charge in [-0.2, -0.15) is 9.78 Å². The second-order valence-corrected chi connectivity index (χ2v) is 9.45. The predicted molar refractivity (Wildman–Crippen MR) is 121 cm³/mol. The van der Waals surface area contributed by atoms with Crippen LogP contribution in [0.2, 0.25) is 0 Å². The van der Waals surface area contributed by atoms with Gasteiger partial charge < -0.3 is 9.80 Å². The third-order valence-electron chi connectivity index (χ3n) is 6.04. The Morgan fingerprint density at radius 1 is 1.17 bits per heavy atom. The molecule has 2 aromatic heterocycles. The molecular formula is C24H30N6. The van der Waals surface area contributed by atoms with Gasteiger partial charge in [0, 0.05) is 30.1 Å². The topological polar surface area (TPSA) is 60.5 Å². The molecule has 0 radical (unpaired) electrons. The largest absolute Gasteiger partial charge is 0.354 e. The fourth-order valence-corrected chi connectivity index (χ4v) is 4.24. The maximum absolute atomic E-state index is 10.0. The average Bonchev–Trinajstić information content (AvgIpc) is 3.35. The molecule has 3 aromatic rings. The molecular weight excluding hydrogens is 372 g/mol. The van der Waals surface area contributed by atoms with Crippen LogP contribution >= 0.6 is 0 Å². The Morgan fingerprint density at radius 2 is 1.87 bits per heavy atom. The van der Waals surface area contributed by atoms with Gasteiger partial charge in [-0.15, -0.1) is 5.10 Å². The van der Waals surface area contributed by atoms with Gasteiger partial charge in [-0.25, -0.2) is 4.98 Å². The zero-order valence-corrected chi connectivity index (χ0v) is 18.8. The number of hydrogen-bond acceptors (Lipinski definition) is 5. The summed E-state index contributed by atoms with van der Waals surface area (Å²) >= 11 is 0. The minimum absolute atomic E-state index is 0.200. The molecule has 1 atom stereocenters. The summed E-state index contributed by atoms with van der Waals surface area (Å²) in [4.78, 5) is 9.53. The van der Waals surface area contributed by atoms with Crippen molar-refractivity contribution in [2.75, 3.05) is 32.1 Å². The Balaban J connectivity index is 2.05. The number of likely N-dealkylation sites (N-methyl/N-ethyl adjacent to an activating group) is 1. The number of aromatic nitrogens is 3. The highest BCUT2D eigenvalue weighted by Crippen LogP contribution is 2.39. The number of anilines is 1. The van der Waals surface area contributed by atoms with Gasteiger partial charge in [-0.05, 0) is 38.6 Å². The molecule has 1 saturated heterocycles. The predicted octanol–water partition coefficient (Wildman–Crippen LogP) is 4.01. The van der Waals surface area contributed by atoms with Crippen LogP contribution < -0.4 is 4.90 Å². The van der Waals surface area contributed by atoms with E-state index in [4.69, 9.17) is 10.1 Å². The third-order valence-corrected chi connectivity index (χ3v) is 6.04. The lowest BCUT2D eigenvalue weighted by Gasteiger charge is -2.26. The first-order valence-electron chi connectivity index (χ1n) is 10.5. The van der Waals surface area contributed by atoms with Crippen molar-refractivity contribution in [2.45, 2.75) is 45.6 Å². The molecule has 6 nitrogen and oxygen atoms in total. The quantitative estimate of drug-likeness (QED) is 0.662. The van der Waals surface area contributed by atoms with Gasteiger partial charge in [0.05, 0.1) is 0 Å². The van der Waals surface area contributed by atoms with Crippen molar-refractivity contribution in [3.05, 3.63) is 47.3 Å². The number of fused-ring (bicyclic) bond motifs is 1. The molecule has 30 heavy (non-hydrogen) atoms. The highest BCUT2D eigenvalue weighted by Gasteiger charge is 2.32. The summed E-state index contributed by atoms with van der Waals surface area (Å²) in [6, 6.07) is 13.2. The molecule has 1 fully saturated rings. The second kappa shape index (κ2) is 7.41. The number of nitrogens with zero attached hydrogens (tertiary/aromatic N) is 6. The molecule has 0 bridgehead atoms. The van der Waals surface area contributed by atoms with E-state index in [1.165, 1.54) is 0 Å². The molecule has 156 valence electrons. The molecule has 0 spiro atoms. The van der Waals surface area contributed by atoms with Crippen molar-refractivity contribution in [1.29, 1.82) is 5.26 Å². The number of benzene rings is 1. The first kappa shape index (κ1) is 20.4. The van der Waals surface area contributed by atoms with E-state index in [9.17, 15) is 5.26 Å².